The topological polar surface area (TPSA) is 43.6 Å². The van der Waals surface area contributed by atoms with E-state index in [1.807, 2.05) is 31.3 Å². The van der Waals surface area contributed by atoms with E-state index in [0.29, 0.717) is 0 Å². The smallest absolute Gasteiger partial charge is 0.182 e. The van der Waals surface area contributed by atoms with Crippen LogP contribution in [0.25, 0.3) is 11.4 Å². The molecular weight excluding hydrogens is 232 g/mol. The van der Waals surface area contributed by atoms with Gasteiger partial charge in [-0.2, -0.15) is 0 Å². The Morgan fingerprint density at radius 3 is 2.69 bits per heavy atom. The zero-order valence-corrected chi connectivity index (χ0v) is 8.56. The number of halogens is 1. The SMILES string of the molecule is Cn1nnnc1-c1ccccc1Br. The third kappa shape index (κ3) is 1.47. The highest BCUT2D eigenvalue weighted by Crippen LogP contribution is 2.24. The summed E-state index contributed by atoms with van der Waals surface area (Å²) in [5, 5.41) is 11.3. The van der Waals surface area contributed by atoms with Crippen molar-refractivity contribution in [3.8, 4) is 11.4 Å². The molecule has 0 N–H and O–H groups in total. The van der Waals surface area contributed by atoms with Crippen LogP contribution >= 0.6 is 15.9 Å². The van der Waals surface area contributed by atoms with Gasteiger partial charge in [-0.3, -0.25) is 0 Å². The summed E-state index contributed by atoms with van der Waals surface area (Å²) in [5.74, 6) is 0.757. The summed E-state index contributed by atoms with van der Waals surface area (Å²) < 4.78 is 2.63. The molecule has 0 unspecified atom stereocenters. The van der Waals surface area contributed by atoms with Crippen molar-refractivity contribution in [2.45, 2.75) is 0 Å². The standard InChI is InChI=1S/C8H7BrN4/c1-13-8(10-11-12-13)6-4-2-3-5-7(6)9/h2-5H,1H3. The van der Waals surface area contributed by atoms with E-state index in [4.69, 9.17) is 0 Å². The number of nitrogens with zero attached hydrogens (tertiary/aromatic N) is 4. The number of hydrogen-bond donors (Lipinski definition) is 0. The van der Waals surface area contributed by atoms with Crippen LogP contribution in [0.3, 0.4) is 0 Å². The van der Waals surface area contributed by atoms with Gasteiger partial charge in [-0.15, -0.1) is 5.10 Å². The van der Waals surface area contributed by atoms with Gasteiger partial charge in [0.1, 0.15) is 0 Å². The van der Waals surface area contributed by atoms with Crippen LogP contribution in [0.4, 0.5) is 0 Å². The Morgan fingerprint density at radius 1 is 1.31 bits per heavy atom. The molecule has 1 aromatic heterocycles. The Labute approximate surface area is 83.7 Å². The summed E-state index contributed by atoms with van der Waals surface area (Å²) >= 11 is 3.44. The molecule has 1 heterocycles. The molecule has 13 heavy (non-hydrogen) atoms. The lowest BCUT2D eigenvalue weighted by Gasteiger charge is -2.00. The third-order valence-electron chi connectivity index (χ3n) is 1.73. The maximum absolute atomic E-state index is 3.92. The predicted octanol–water partition coefficient (Wildman–Crippen LogP) is 1.64. The van der Waals surface area contributed by atoms with Crippen LogP contribution in [0.5, 0.6) is 0 Å². The molecule has 0 amide bonds. The van der Waals surface area contributed by atoms with Crippen LogP contribution in [-0.2, 0) is 7.05 Å². The fourth-order valence-corrected chi connectivity index (χ4v) is 1.56. The highest BCUT2D eigenvalue weighted by atomic mass is 79.9. The van der Waals surface area contributed by atoms with E-state index < -0.39 is 0 Å². The van der Waals surface area contributed by atoms with Gasteiger partial charge >= 0.3 is 0 Å². The van der Waals surface area contributed by atoms with E-state index in [-0.39, 0.29) is 0 Å². The molecule has 0 aliphatic carbocycles. The Kier molecular flexibility index (Phi) is 2.10. The molecule has 0 radical (unpaired) electrons. The summed E-state index contributed by atoms with van der Waals surface area (Å²) in [4.78, 5) is 0. The van der Waals surface area contributed by atoms with E-state index in [1.54, 1.807) is 4.68 Å². The molecule has 66 valence electrons. The summed E-state index contributed by atoms with van der Waals surface area (Å²) in [5.41, 5.74) is 0.995. The number of aromatic nitrogens is 4. The molecule has 0 fully saturated rings. The van der Waals surface area contributed by atoms with Gasteiger partial charge in [0.05, 0.1) is 0 Å². The Morgan fingerprint density at radius 2 is 2.08 bits per heavy atom. The van der Waals surface area contributed by atoms with Crippen molar-refractivity contribution in [1.29, 1.82) is 0 Å². The molecule has 0 spiro atoms. The van der Waals surface area contributed by atoms with Crippen molar-refractivity contribution in [2.75, 3.05) is 0 Å². The van der Waals surface area contributed by atoms with Crippen molar-refractivity contribution < 1.29 is 0 Å². The van der Waals surface area contributed by atoms with Gasteiger partial charge in [0.25, 0.3) is 0 Å². The van der Waals surface area contributed by atoms with Crippen molar-refractivity contribution in [1.82, 2.24) is 20.2 Å². The van der Waals surface area contributed by atoms with Gasteiger partial charge < -0.3 is 0 Å². The lowest BCUT2D eigenvalue weighted by molar-refractivity contribution is 0.714. The molecule has 0 aliphatic rings. The van der Waals surface area contributed by atoms with Crippen LogP contribution in [0, 0.1) is 0 Å². The molecule has 1 aromatic carbocycles. The van der Waals surface area contributed by atoms with Crippen molar-refractivity contribution >= 4 is 15.9 Å². The van der Waals surface area contributed by atoms with Crippen LogP contribution in [0.15, 0.2) is 28.7 Å². The van der Waals surface area contributed by atoms with Crippen molar-refractivity contribution in [3.63, 3.8) is 0 Å². The van der Waals surface area contributed by atoms with Crippen molar-refractivity contribution in [3.05, 3.63) is 28.7 Å². The van der Waals surface area contributed by atoms with E-state index >= 15 is 0 Å². The largest absolute Gasteiger partial charge is 0.229 e. The van der Waals surface area contributed by atoms with Gasteiger partial charge in [-0.05, 0) is 22.6 Å². The Hall–Kier alpha value is -1.23. The molecule has 0 aliphatic heterocycles. The predicted molar refractivity (Wildman–Crippen MR) is 51.9 cm³/mol. The molecule has 0 bridgehead atoms. The van der Waals surface area contributed by atoms with Gasteiger partial charge in [0.15, 0.2) is 5.82 Å². The molecule has 2 rings (SSSR count). The van der Waals surface area contributed by atoms with Crippen molar-refractivity contribution in [2.24, 2.45) is 7.05 Å². The quantitative estimate of drug-likeness (QED) is 0.759. The van der Waals surface area contributed by atoms with E-state index in [1.165, 1.54) is 0 Å². The second-order valence-corrected chi connectivity index (χ2v) is 3.46. The molecule has 0 atom stereocenters. The first-order chi connectivity index (χ1) is 6.29. The van der Waals surface area contributed by atoms with Gasteiger partial charge in [0.2, 0.25) is 0 Å². The first-order valence-electron chi connectivity index (χ1n) is 3.76. The second kappa shape index (κ2) is 3.26. The zero-order chi connectivity index (χ0) is 9.26. The first kappa shape index (κ1) is 8.37. The van der Waals surface area contributed by atoms with Gasteiger partial charge in [-0.1, -0.05) is 28.1 Å². The molecule has 0 saturated carbocycles. The van der Waals surface area contributed by atoms with E-state index in [2.05, 4.69) is 31.5 Å². The Bertz CT molecular complexity index is 424. The van der Waals surface area contributed by atoms with Gasteiger partial charge in [-0.25, -0.2) is 4.68 Å². The summed E-state index contributed by atoms with van der Waals surface area (Å²) in [6, 6.07) is 7.84. The number of aryl methyl sites for hydroxylation is 1. The minimum atomic E-state index is 0.757. The minimum Gasteiger partial charge on any atom is -0.229 e. The van der Waals surface area contributed by atoms with Crippen LogP contribution in [0.1, 0.15) is 0 Å². The number of tetrazole rings is 1. The number of hydrogen-bond acceptors (Lipinski definition) is 3. The molecule has 2 aromatic rings. The Balaban J connectivity index is 2.59. The normalized spacial score (nSPS) is 10.3. The fraction of sp³-hybridized carbons (Fsp3) is 0.125. The first-order valence-corrected chi connectivity index (χ1v) is 4.55. The highest BCUT2D eigenvalue weighted by molar-refractivity contribution is 9.10. The maximum Gasteiger partial charge on any atom is 0.182 e. The number of rotatable bonds is 1. The lowest BCUT2D eigenvalue weighted by Crippen LogP contribution is -1.94. The van der Waals surface area contributed by atoms with E-state index in [9.17, 15) is 0 Å². The fourth-order valence-electron chi connectivity index (χ4n) is 1.10. The van der Waals surface area contributed by atoms with Crippen LogP contribution in [0.2, 0.25) is 0 Å². The molecule has 4 nitrogen and oxygen atoms in total. The average Bonchev–Trinajstić information content (AvgIpc) is 2.52. The van der Waals surface area contributed by atoms with E-state index in [0.717, 1.165) is 15.9 Å². The lowest BCUT2D eigenvalue weighted by atomic mass is 10.2. The summed E-state index contributed by atoms with van der Waals surface area (Å²) in [7, 11) is 1.81. The maximum atomic E-state index is 3.92. The zero-order valence-electron chi connectivity index (χ0n) is 6.98. The van der Waals surface area contributed by atoms with Crippen LogP contribution in [-0.4, -0.2) is 20.2 Å². The summed E-state index contributed by atoms with van der Waals surface area (Å²) in [6.07, 6.45) is 0. The average molecular weight is 239 g/mol. The molecular formula is C8H7BrN4. The summed E-state index contributed by atoms with van der Waals surface area (Å²) in [6.45, 7) is 0. The molecule has 0 saturated heterocycles. The number of benzene rings is 1. The minimum absolute atomic E-state index is 0.757. The monoisotopic (exact) mass is 238 g/mol. The van der Waals surface area contributed by atoms with Gasteiger partial charge in [0, 0.05) is 17.1 Å². The second-order valence-electron chi connectivity index (χ2n) is 2.61. The van der Waals surface area contributed by atoms with Crippen LogP contribution < -0.4 is 0 Å². The molecule has 5 heteroatoms. The highest BCUT2D eigenvalue weighted by Gasteiger charge is 2.07. The third-order valence-corrected chi connectivity index (χ3v) is 2.43.